The van der Waals surface area contributed by atoms with E-state index in [0.717, 1.165) is 31.7 Å². The summed E-state index contributed by atoms with van der Waals surface area (Å²) in [6.45, 7) is 10.2. The van der Waals surface area contributed by atoms with Gasteiger partial charge < -0.3 is 10.2 Å². The normalized spacial score (nSPS) is 16.2. The molecule has 1 aliphatic heterocycles. The van der Waals surface area contributed by atoms with E-state index in [1.165, 1.54) is 28.9 Å². The fourth-order valence-corrected chi connectivity index (χ4v) is 3.53. The maximum atomic E-state index is 13.0. The molecule has 144 valence electrons. The van der Waals surface area contributed by atoms with Crippen LogP contribution in [-0.2, 0) is 11.3 Å². The molecule has 0 aliphatic carbocycles. The van der Waals surface area contributed by atoms with Crippen molar-refractivity contribution in [2.75, 3.05) is 31.1 Å². The Bertz CT molecular complexity index is 783. The standard InChI is InChI=1S/C22H28FN3O/c1-16-5-4-6-21(17(16)2)26-13-11-25(12-14-26)18(3)22(27)24-15-19-7-9-20(23)10-8-19/h4-10,18H,11-15H2,1-3H3,(H,24,27)/t18-/m0/s1. The number of aryl methyl sites for hydroxylation is 1. The molecular weight excluding hydrogens is 341 g/mol. The summed E-state index contributed by atoms with van der Waals surface area (Å²) in [5.74, 6) is -0.250. The van der Waals surface area contributed by atoms with Gasteiger partial charge in [0.1, 0.15) is 5.82 Å². The second kappa shape index (κ2) is 8.53. The first kappa shape index (κ1) is 19.4. The molecule has 0 bridgehead atoms. The van der Waals surface area contributed by atoms with Gasteiger partial charge in [-0.15, -0.1) is 0 Å². The monoisotopic (exact) mass is 369 g/mol. The van der Waals surface area contributed by atoms with Crippen LogP contribution in [0.25, 0.3) is 0 Å². The molecule has 1 aliphatic rings. The molecule has 2 aromatic carbocycles. The fraction of sp³-hybridized carbons (Fsp3) is 0.409. The summed E-state index contributed by atoms with van der Waals surface area (Å²) in [5.41, 5.74) is 4.83. The zero-order valence-corrected chi connectivity index (χ0v) is 16.3. The van der Waals surface area contributed by atoms with Crippen LogP contribution in [0.2, 0.25) is 0 Å². The zero-order chi connectivity index (χ0) is 19.4. The molecule has 0 spiro atoms. The van der Waals surface area contributed by atoms with Gasteiger partial charge in [-0.3, -0.25) is 9.69 Å². The van der Waals surface area contributed by atoms with Crippen LogP contribution >= 0.6 is 0 Å². The lowest BCUT2D eigenvalue weighted by molar-refractivity contribution is -0.126. The molecule has 1 amide bonds. The van der Waals surface area contributed by atoms with Gasteiger partial charge in [0.2, 0.25) is 5.91 Å². The number of hydrogen-bond donors (Lipinski definition) is 1. The lowest BCUT2D eigenvalue weighted by Gasteiger charge is -2.39. The number of nitrogens with zero attached hydrogens (tertiary/aromatic N) is 2. The summed E-state index contributed by atoms with van der Waals surface area (Å²) in [5, 5.41) is 2.96. The number of hydrogen-bond acceptors (Lipinski definition) is 3. The molecule has 5 heteroatoms. The predicted molar refractivity (Wildman–Crippen MR) is 107 cm³/mol. The van der Waals surface area contributed by atoms with Crippen molar-refractivity contribution in [2.45, 2.75) is 33.4 Å². The third kappa shape index (κ3) is 4.66. The smallest absolute Gasteiger partial charge is 0.237 e. The number of halogens is 1. The molecular formula is C22H28FN3O. The molecule has 4 nitrogen and oxygen atoms in total. The lowest BCUT2D eigenvalue weighted by Crippen LogP contribution is -2.54. The summed E-state index contributed by atoms with van der Waals surface area (Å²) < 4.78 is 13.0. The summed E-state index contributed by atoms with van der Waals surface area (Å²) in [6, 6.07) is 12.5. The molecule has 1 heterocycles. The number of carbonyl (C=O) groups excluding carboxylic acids is 1. The minimum atomic E-state index is -0.264. The Hall–Kier alpha value is -2.40. The third-order valence-corrected chi connectivity index (χ3v) is 5.54. The Balaban J connectivity index is 1.51. The molecule has 1 N–H and O–H groups in total. The highest BCUT2D eigenvalue weighted by molar-refractivity contribution is 5.81. The van der Waals surface area contributed by atoms with E-state index < -0.39 is 0 Å². The number of piperazine rings is 1. The molecule has 0 saturated carbocycles. The van der Waals surface area contributed by atoms with Gasteiger partial charge in [-0.2, -0.15) is 0 Å². The van der Waals surface area contributed by atoms with E-state index >= 15 is 0 Å². The van der Waals surface area contributed by atoms with Gasteiger partial charge in [-0.25, -0.2) is 4.39 Å². The third-order valence-electron chi connectivity index (χ3n) is 5.54. The Labute approximate surface area is 161 Å². The van der Waals surface area contributed by atoms with Gasteiger partial charge in [0, 0.05) is 38.4 Å². The lowest BCUT2D eigenvalue weighted by atomic mass is 10.1. The van der Waals surface area contributed by atoms with Crippen LogP contribution in [0.1, 0.15) is 23.6 Å². The summed E-state index contributed by atoms with van der Waals surface area (Å²) >= 11 is 0. The molecule has 3 rings (SSSR count). The van der Waals surface area contributed by atoms with Gasteiger partial charge in [0.25, 0.3) is 0 Å². The minimum absolute atomic E-state index is 0.0134. The fourth-order valence-electron chi connectivity index (χ4n) is 3.53. The van der Waals surface area contributed by atoms with E-state index in [-0.39, 0.29) is 17.8 Å². The quantitative estimate of drug-likeness (QED) is 0.879. The summed E-state index contributed by atoms with van der Waals surface area (Å²) in [6.07, 6.45) is 0. The van der Waals surface area contributed by atoms with Crippen molar-refractivity contribution in [3.05, 3.63) is 65.0 Å². The van der Waals surface area contributed by atoms with Crippen LogP contribution in [0.5, 0.6) is 0 Å². The molecule has 1 fully saturated rings. The highest BCUT2D eigenvalue weighted by Gasteiger charge is 2.26. The molecule has 1 atom stereocenters. The van der Waals surface area contributed by atoms with E-state index in [1.807, 2.05) is 6.92 Å². The largest absolute Gasteiger partial charge is 0.369 e. The van der Waals surface area contributed by atoms with Crippen LogP contribution in [0.3, 0.4) is 0 Å². The Morgan fingerprint density at radius 1 is 1.07 bits per heavy atom. The van der Waals surface area contributed by atoms with Gasteiger partial charge in [-0.05, 0) is 55.7 Å². The van der Waals surface area contributed by atoms with E-state index in [9.17, 15) is 9.18 Å². The maximum absolute atomic E-state index is 13.0. The maximum Gasteiger partial charge on any atom is 0.237 e. The van der Waals surface area contributed by atoms with Crippen LogP contribution in [0, 0.1) is 19.7 Å². The molecule has 27 heavy (non-hydrogen) atoms. The first-order chi connectivity index (χ1) is 13.0. The zero-order valence-electron chi connectivity index (χ0n) is 16.3. The summed E-state index contributed by atoms with van der Waals surface area (Å²) in [7, 11) is 0. The second-order valence-corrected chi connectivity index (χ2v) is 7.26. The highest BCUT2D eigenvalue weighted by atomic mass is 19.1. The molecule has 1 saturated heterocycles. The average molecular weight is 369 g/mol. The number of benzene rings is 2. The van der Waals surface area contributed by atoms with Gasteiger partial charge in [-0.1, -0.05) is 24.3 Å². The number of anilines is 1. The van der Waals surface area contributed by atoms with Crippen LogP contribution in [-0.4, -0.2) is 43.0 Å². The average Bonchev–Trinajstić information content (AvgIpc) is 2.69. The number of amides is 1. The van der Waals surface area contributed by atoms with Crippen molar-refractivity contribution in [3.63, 3.8) is 0 Å². The Kier molecular flexibility index (Phi) is 6.11. The van der Waals surface area contributed by atoms with Crippen LogP contribution < -0.4 is 10.2 Å². The minimum Gasteiger partial charge on any atom is -0.369 e. The highest BCUT2D eigenvalue weighted by Crippen LogP contribution is 2.24. The second-order valence-electron chi connectivity index (χ2n) is 7.26. The van der Waals surface area contributed by atoms with Gasteiger partial charge in [0.15, 0.2) is 0 Å². The Morgan fingerprint density at radius 3 is 2.41 bits per heavy atom. The SMILES string of the molecule is Cc1cccc(N2CCN([C@@H](C)C(=O)NCc3ccc(F)cc3)CC2)c1C. The topological polar surface area (TPSA) is 35.6 Å². The van der Waals surface area contributed by atoms with E-state index in [4.69, 9.17) is 0 Å². The van der Waals surface area contributed by atoms with Crippen LogP contribution in [0.15, 0.2) is 42.5 Å². The van der Waals surface area contributed by atoms with E-state index in [0.29, 0.717) is 6.54 Å². The Morgan fingerprint density at radius 2 is 1.74 bits per heavy atom. The number of carbonyl (C=O) groups is 1. The number of rotatable bonds is 5. The molecule has 0 radical (unpaired) electrons. The van der Waals surface area contributed by atoms with Crippen molar-refractivity contribution < 1.29 is 9.18 Å². The summed E-state index contributed by atoms with van der Waals surface area (Å²) in [4.78, 5) is 17.1. The van der Waals surface area contributed by atoms with E-state index in [2.05, 4.69) is 47.2 Å². The van der Waals surface area contributed by atoms with Crippen molar-refractivity contribution >= 4 is 11.6 Å². The van der Waals surface area contributed by atoms with Crippen molar-refractivity contribution in [2.24, 2.45) is 0 Å². The van der Waals surface area contributed by atoms with Crippen molar-refractivity contribution in [1.82, 2.24) is 10.2 Å². The molecule has 2 aromatic rings. The predicted octanol–water partition coefficient (Wildman–Crippen LogP) is 3.27. The first-order valence-electron chi connectivity index (χ1n) is 9.53. The first-order valence-corrected chi connectivity index (χ1v) is 9.53. The van der Waals surface area contributed by atoms with Crippen molar-refractivity contribution in [1.29, 1.82) is 0 Å². The number of nitrogens with one attached hydrogen (secondary N) is 1. The molecule has 0 aromatic heterocycles. The van der Waals surface area contributed by atoms with Gasteiger partial charge in [0.05, 0.1) is 6.04 Å². The van der Waals surface area contributed by atoms with E-state index in [1.54, 1.807) is 12.1 Å². The van der Waals surface area contributed by atoms with Crippen LogP contribution in [0.4, 0.5) is 10.1 Å². The molecule has 0 unspecified atom stereocenters. The van der Waals surface area contributed by atoms with Gasteiger partial charge >= 0.3 is 0 Å². The van der Waals surface area contributed by atoms with Crippen molar-refractivity contribution in [3.8, 4) is 0 Å².